The Labute approximate surface area is 251 Å². The van der Waals surface area contributed by atoms with E-state index in [0.29, 0.717) is 0 Å². The van der Waals surface area contributed by atoms with Crippen molar-refractivity contribution in [3.8, 4) is 44.6 Å². The van der Waals surface area contributed by atoms with Crippen molar-refractivity contribution in [3.63, 3.8) is 0 Å². The standard InChI is InChI=1S/C42H29N/c1-28-10-9-17-40(43-28)30-20-18-29(19-21-30)32-22-23-34-27-35(25-24-33(34)26-32)42-38-15-7-5-13-36(38)41(31-11-3-2-4-12-31)37-14-6-8-16-39(37)42/h2-27H,1H3. The van der Waals surface area contributed by atoms with Gasteiger partial charge in [-0.05, 0) is 96.9 Å². The first-order chi connectivity index (χ1) is 21.2. The molecule has 0 aliphatic rings. The molecule has 1 heterocycles. The summed E-state index contributed by atoms with van der Waals surface area (Å²) in [6.07, 6.45) is 0. The number of benzene rings is 7. The van der Waals surface area contributed by atoms with Crippen molar-refractivity contribution >= 4 is 32.3 Å². The van der Waals surface area contributed by atoms with Crippen LogP contribution in [0.4, 0.5) is 0 Å². The Kier molecular flexibility index (Phi) is 6.09. The lowest BCUT2D eigenvalue weighted by atomic mass is 9.85. The Morgan fingerprint density at radius 2 is 0.837 bits per heavy atom. The maximum atomic E-state index is 4.68. The largest absolute Gasteiger partial charge is 0.253 e. The summed E-state index contributed by atoms with van der Waals surface area (Å²) in [6, 6.07) is 57.0. The molecule has 1 heteroatoms. The third-order valence-corrected chi connectivity index (χ3v) is 8.53. The van der Waals surface area contributed by atoms with Gasteiger partial charge in [-0.2, -0.15) is 0 Å². The zero-order valence-corrected chi connectivity index (χ0v) is 24.0. The monoisotopic (exact) mass is 547 g/mol. The molecule has 1 nitrogen and oxygen atoms in total. The van der Waals surface area contributed by atoms with Gasteiger partial charge in [-0.15, -0.1) is 0 Å². The van der Waals surface area contributed by atoms with E-state index in [0.717, 1.165) is 17.0 Å². The molecule has 0 aliphatic carbocycles. The molecular weight excluding hydrogens is 518 g/mol. The maximum Gasteiger partial charge on any atom is 0.0705 e. The van der Waals surface area contributed by atoms with E-state index in [9.17, 15) is 0 Å². The van der Waals surface area contributed by atoms with Crippen LogP contribution in [0, 0.1) is 6.92 Å². The second kappa shape index (κ2) is 10.4. The molecular formula is C42H29N. The van der Waals surface area contributed by atoms with E-state index in [1.807, 2.05) is 13.0 Å². The fraction of sp³-hybridized carbons (Fsp3) is 0.0238. The van der Waals surface area contributed by atoms with Gasteiger partial charge in [-0.25, -0.2) is 0 Å². The quantitative estimate of drug-likeness (QED) is 0.200. The van der Waals surface area contributed by atoms with Crippen molar-refractivity contribution in [3.05, 3.63) is 163 Å². The summed E-state index contributed by atoms with van der Waals surface area (Å²) in [4.78, 5) is 4.68. The van der Waals surface area contributed by atoms with Crippen molar-refractivity contribution < 1.29 is 0 Å². The minimum absolute atomic E-state index is 1.01. The Morgan fingerprint density at radius 3 is 1.44 bits per heavy atom. The summed E-state index contributed by atoms with van der Waals surface area (Å²) in [5.74, 6) is 0. The third-order valence-electron chi connectivity index (χ3n) is 8.53. The predicted molar refractivity (Wildman–Crippen MR) is 183 cm³/mol. The summed E-state index contributed by atoms with van der Waals surface area (Å²) in [5, 5.41) is 7.59. The molecule has 43 heavy (non-hydrogen) atoms. The first-order valence-electron chi connectivity index (χ1n) is 14.8. The normalized spacial score (nSPS) is 11.4. The number of hydrogen-bond acceptors (Lipinski definition) is 1. The van der Waals surface area contributed by atoms with Crippen molar-refractivity contribution in [2.45, 2.75) is 6.92 Å². The molecule has 0 atom stereocenters. The van der Waals surface area contributed by atoms with Gasteiger partial charge in [0.05, 0.1) is 5.69 Å². The van der Waals surface area contributed by atoms with Crippen molar-refractivity contribution in [2.75, 3.05) is 0 Å². The zero-order chi connectivity index (χ0) is 28.8. The van der Waals surface area contributed by atoms with Crippen molar-refractivity contribution in [2.24, 2.45) is 0 Å². The molecule has 0 N–H and O–H groups in total. The minimum atomic E-state index is 1.01. The van der Waals surface area contributed by atoms with Crippen LogP contribution >= 0.6 is 0 Å². The van der Waals surface area contributed by atoms with Crippen LogP contribution in [0.5, 0.6) is 0 Å². The van der Waals surface area contributed by atoms with E-state index >= 15 is 0 Å². The Morgan fingerprint density at radius 1 is 0.349 bits per heavy atom. The van der Waals surface area contributed by atoms with E-state index in [4.69, 9.17) is 0 Å². The van der Waals surface area contributed by atoms with E-state index < -0.39 is 0 Å². The number of hydrogen-bond donors (Lipinski definition) is 0. The molecule has 0 fully saturated rings. The smallest absolute Gasteiger partial charge is 0.0705 e. The minimum Gasteiger partial charge on any atom is -0.253 e. The molecule has 0 saturated heterocycles. The van der Waals surface area contributed by atoms with Gasteiger partial charge in [-0.1, -0.05) is 133 Å². The van der Waals surface area contributed by atoms with Crippen LogP contribution in [0.3, 0.4) is 0 Å². The van der Waals surface area contributed by atoms with Gasteiger partial charge in [-0.3, -0.25) is 4.98 Å². The highest BCUT2D eigenvalue weighted by Gasteiger charge is 2.16. The van der Waals surface area contributed by atoms with Gasteiger partial charge in [0.25, 0.3) is 0 Å². The number of rotatable bonds is 4. The first-order valence-corrected chi connectivity index (χ1v) is 14.8. The van der Waals surface area contributed by atoms with Crippen molar-refractivity contribution in [1.82, 2.24) is 4.98 Å². The Bertz CT molecular complexity index is 2220. The fourth-order valence-electron chi connectivity index (χ4n) is 6.47. The predicted octanol–water partition coefficient (Wildman–Crippen LogP) is 11.5. The molecule has 0 unspecified atom stereocenters. The molecule has 0 aliphatic heterocycles. The lowest BCUT2D eigenvalue weighted by molar-refractivity contribution is 1.21. The summed E-state index contributed by atoms with van der Waals surface area (Å²) in [6.45, 7) is 2.03. The number of pyridine rings is 1. The van der Waals surface area contributed by atoms with Gasteiger partial charge in [0.1, 0.15) is 0 Å². The highest BCUT2D eigenvalue weighted by molar-refractivity contribution is 6.21. The second-order valence-corrected chi connectivity index (χ2v) is 11.2. The van der Waals surface area contributed by atoms with Crippen LogP contribution < -0.4 is 0 Å². The summed E-state index contributed by atoms with van der Waals surface area (Å²) < 4.78 is 0. The molecule has 0 spiro atoms. The number of aromatic nitrogens is 1. The number of fused-ring (bicyclic) bond motifs is 3. The summed E-state index contributed by atoms with van der Waals surface area (Å²) >= 11 is 0. The summed E-state index contributed by atoms with van der Waals surface area (Å²) in [7, 11) is 0. The van der Waals surface area contributed by atoms with Gasteiger partial charge < -0.3 is 0 Å². The molecule has 8 aromatic rings. The van der Waals surface area contributed by atoms with Crippen LogP contribution in [-0.2, 0) is 0 Å². The molecule has 0 saturated carbocycles. The molecule has 0 radical (unpaired) electrons. The third kappa shape index (κ3) is 4.47. The van der Waals surface area contributed by atoms with E-state index in [1.54, 1.807) is 0 Å². The highest BCUT2D eigenvalue weighted by Crippen LogP contribution is 2.44. The van der Waals surface area contributed by atoms with Crippen LogP contribution in [0.15, 0.2) is 158 Å². The van der Waals surface area contributed by atoms with Gasteiger partial charge in [0.2, 0.25) is 0 Å². The van der Waals surface area contributed by atoms with Gasteiger partial charge >= 0.3 is 0 Å². The van der Waals surface area contributed by atoms with E-state index in [1.165, 1.54) is 65.7 Å². The lowest BCUT2D eigenvalue weighted by Crippen LogP contribution is -1.91. The SMILES string of the molecule is Cc1cccc(-c2ccc(-c3ccc4cc(-c5c6ccccc6c(-c6ccccc6)c6ccccc56)ccc4c3)cc2)n1. The molecule has 202 valence electrons. The molecule has 1 aromatic heterocycles. The van der Waals surface area contributed by atoms with E-state index in [2.05, 4.69) is 157 Å². The number of nitrogens with zero attached hydrogens (tertiary/aromatic N) is 1. The topological polar surface area (TPSA) is 12.9 Å². The number of aryl methyl sites for hydroxylation is 1. The summed E-state index contributed by atoms with van der Waals surface area (Å²) in [5.41, 5.74) is 10.7. The van der Waals surface area contributed by atoms with Crippen LogP contribution in [-0.4, -0.2) is 4.98 Å². The Balaban J connectivity index is 1.24. The van der Waals surface area contributed by atoms with Gasteiger partial charge in [0.15, 0.2) is 0 Å². The first kappa shape index (κ1) is 25.2. The molecule has 0 amide bonds. The zero-order valence-electron chi connectivity index (χ0n) is 24.0. The fourth-order valence-corrected chi connectivity index (χ4v) is 6.47. The lowest BCUT2D eigenvalue weighted by Gasteiger charge is -2.18. The average molecular weight is 548 g/mol. The molecule has 7 aromatic carbocycles. The molecule has 8 rings (SSSR count). The molecule has 0 bridgehead atoms. The Hall–Kier alpha value is -5.53. The van der Waals surface area contributed by atoms with E-state index in [-0.39, 0.29) is 0 Å². The second-order valence-electron chi connectivity index (χ2n) is 11.2. The van der Waals surface area contributed by atoms with Crippen molar-refractivity contribution in [1.29, 1.82) is 0 Å². The van der Waals surface area contributed by atoms with Crippen LogP contribution in [0.25, 0.3) is 77.0 Å². The maximum absolute atomic E-state index is 4.68. The van der Waals surface area contributed by atoms with Crippen LogP contribution in [0.2, 0.25) is 0 Å². The average Bonchev–Trinajstić information content (AvgIpc) is 3.07. The van der Waals surface area contributed by atoms with Crippen LogP contribution in [0.1, 0.15) is 5.69 Å². The van der Waals surface area contributed by atoms with Gasteiger partial charge in [0, 0.05) is 11.3 Å². The highest BCUT2D eigenvalue weighted by atomic mass is 14.7.